The van der Waals surface area contributed by atoms with Crippen LogP contribution in [0.2, 0.25) is 0 Å². The fraction of sp³-hybridized carbons (Fsp3) is 0.250. The van der Waals surface area contributed by atoms with Crippen LogP contribution in [0.25, 0.3) is 0 Å². The fourth-order valence-corrected chi connectivity index (χ4v) is 2.80. The van der Waals surface area contributed by atoms with Crippen LogP contribution >= 0.6 is 11.3 Å². The Labute approximate surface area is 142 Å². The van der Waals surface area contributed by atoms with E-state index in [9.17, 15) is 13.6 Å². The van der Waals surface area contributed by atoms with Crippen molar-refractivity contribution in [2.45, 2.75) is 13.2 Å². The van der Waals surface area contributed by atoms with E-state index < -0.39 is 6.61 Å². The molecule has 0 aliphatic carbocycles. The fourth-order valence-electron chi connectivity index (χ4n) is 2.05. The molecule has 1 N–H and O–H groups in total. The van der Waals surface area contributed by atoms with E-state index in [0.29, 0.717) is 17.1 Å². The van der Waals surface area contributed by atoms with Crippen LogP contribution in [-0.4, -0.2) is 31.0 Å². The number of carbonyl (C=O) groups is 1. The molecule has 24 heavy (non-hydrogen) atoms. The third-order valence-electron chi connectivity index (χ3n) is 3.05. The van der Waals surface area contributed by atoms with Gasteiger partial charge in [0.25, 0.3) is 0 Å². The lowest BCUT2D eigenvalue weighted by Crippen LogP contribution is -2.29. The van der Waals surface area contributed by atoms with Crippen molar-refractivity contribution in [2.75, 3.05) is 18.9 Å². The van der Waals surface area contributed by atoms with Gasteiger partial charge in [-0.2, -0.15) is 14.0 Å². The van der Waals surface area contributed by atoms with Gasteiger partial charge in [-0.1, -0.05) is 12.1 Å². The van der Waals surface area contributed by atoms with Crippen molar-refractivity contribution in [2.24, 2.45) is 0 Å². The molecule has 0 radical (unpaired) electrons. The van der Waals surface area contributed by atoms with Gasteiger partial charge < -0.3 is 10.1 Å². The van der Waals surface area contributed by atoms with Crippen molar-refractivity contribution in [3.63, 3.8) is 0 Å². The zero-order valence-electron chi connectivity index (χ0n) is 12.8. The number of ether oxygens (including phenoxy) is 1. The van der Waals surface area contributed by atoms with Crippen LogP contribution in [0.15, 0.2) is 35.7 Å². The van der Waals surface area contributed by atoms with Gasteiger partial charge in [0.05, 0.1) is 12.1 Å². The van der Waals surface area contributed by atoms with Crippen LogP contribution in [-0.2, 0) is 11.3 Å². The number of halogens is 2. The van der Waals surface area contributed by atoms with Crippen molar-refractivity contribution in [3.8, 4) is 11.8 Å². The van der Waals surface area contributed by atoms with Gasteiger partial charge in [0.2, 0.25) is 5.91 Å². The molecule has 0 aliphatic heterocycles. The number of nitriles is 1. The first-order valence-corrected chi connectivity index (χ1v) is 7.85. The van der Waals surface area contributed by atoms with Crippen molar-refractivity contribution in [3.05, 3.63) is 46.8 Å². The van der Waals surface area contributed by atoms with Gasteiger partial charge in [0, 0.05) is 6.54 Å². The minimum absolute atomic E-state index is 0.0934. The molecule has 8 heteroatoms. The average Bonchev–Trinajstić information content (AvgIpc) is 2.95. The summed E-state index contributed by atoms with van der Waals surface area (Å²) in [5.41, 5.74) is 1.30. The molecule has 2 rings (SSSR count). The molecular formula is C16H15F2N3O2S. The predicted molar refractivity (Wildman–Crippen MR) is 87.1 cm³/mol. The van der Waals surface area contributed by atoms with Crippen LogP contribution < -0.4 is 10.1 Å². The number of likely N-dealkylation sites (N-methyl/N-ethyl adjacent to an activating group) is 1. The van der Waals surface area contributed by atoms with E-state index in [-0.39, 0.29) is 18.2 Å². The number of rotatable bonds is 7. The van der Waals surface area contributed by atoms with E-state index in [1.807, 2.05) is 6.07 Å². The third-order valence-corrected chi connectivity index (χ3v) is 3.88. The van der Waals surface area contributed by atoms with E-state index in [1.54, 1.807) is 35.5 Å². The van der Waals surface area contributed by atoms with E-state index in [1.165, 1.54) is 23.5 Å². The van der Waals surface area contributed by atoms with Crippen LogP contribution in [0.4, 0.5) is 13.8 Å². The molecule has 1 aromatic heterocycles. The lowest BCUT2D eigenvalue weighted by molar-refractivity contribution is -0.117. The van der Waals surface area contributed by atoms with Crippen LogP contribution in [0.5, 0.6) is 5.75 Å². The number of hydrogen-bond acceptors (Lipinski definition) is 5. The van der Waals surface area contributed by atoms with Gasteiger partial charge in [0.15, 0.2) is 0 Å². The minimum Gasteiger partial charge on any atom is -0.435 e. The highest BCUT2D eigenvalue weighted by molar-refractivity contribution is 7.14. The molecule has 2 aromatic rings. The molecule has 0 saturated carbocycles. The van der Waals surface area contributed by atoms with Crippen LogP contribution in [0.3, 0.4) is 0 Å². The highest BCUT2D eigenvalue weighted by Gasteiger charge is 2.11. The highest BCUT2D eigenvalue weighted by atomic mass is 32.1. The molecule has 5 nitrogen and oxygen atoms in total. The third kappa shape index (κ3) is 5.30. The number of nitrogens with zero attached hydrogens (tertiary/aromatic N) is 2. The summed E-state index contributed by atoms with van der Waals surface area (Å²) in [7, 11) is 1.77. The molecule has 0 fully saturated rings. The quantitative estimate of drug-likeness (QED) is 0.831. The van der Waals surface area contributed by atoms with Crippen LogP contribution in [0, 0.1) is 11.3 Å². The van der Waals surface area contributed by atoms with E-state index in [2.05, 4.69) is 10.1 Å². The molecular weight excluding hydrogens is 336 g/mol. The molecule has 1 heterocycles. The minimum atomic E-state index is -2.85. The maximum atomic E-state index is 12.1. The summed E-state index contributed by atoms with van der Waals surface area (Å²) in [6.45, 7) is -2.24. The maximum Gasteiger partial charge on any atom is 0.387 e. The van der Waals surface area contributed by atoms with Gasteiger partial charge in [-0.05, 0) is 36.2 Å². The lowest BCUT2D eigenvalue weighted by Gasteiger charge is -2.16. The number of alkyl halides is 2. The molecule has 0 atom stereocenters. The molecule has 1 amide bonds. The average molecular weight is 351 g/mol. The Morgan fingerprint density at radius 1 is 1.38 bits per heavy atom. The van der Waals surface area contributed by atoms with Crippen molar-refractivity contribution < 1.29 is 18.3 Å². The van der Waals surface area contributed by atoms with Crippen molar-refractivity contribution in [1.82, 2.24) is 4.90 Å². The molecule has 0 aliphatic rings. The Hall–Kier alpha value is -2.50. The molecule has 0 spiro atoms. The number of anilines is 1. The van der Waals surface area contributed by atoms with Gasteiger partial charge in [-0.3, -0.25) is 9.69 Å². The Morgan fingerprint density at radius 2 is 2.08 bits per heavy atom. The summed E-state index contributed by atoms with van der Waals surface area (Å²) in [5.74, 6) is -0.134. The molecule has 0 bridgehead atoms. The van der Waals surface area contributed by atoms with Crippen molar-refractivity contribution in [1.29, 1.82) is 5.26 Å². The maximum absolute atomic E-state index is 12.1. The Bertz CT molecular complexity index is 726. The first-order chi connectivity index (χ1) is 11.5. The highest BCUT2D eigenvalue weighted by Crippen LogP contribution is 2.22. The number of thiophene rings is 1. The predicted octanol–water partition coefficient (Wildman–Crippen LogP) is 3.29. The number of amides is 1. The summed E-state index contributed by atoms with van der Waals surface area (Å²) in [6, 6.07) is 9.90. The summed E-state index contributed by atoms with van der Waals surface area (Å²) in [4.78, 5) is 13.8. The second-order valence-electron chi connectivity index (χ2n) is 5.02. The number of carbonyl (C=O) groups excluding carboxylic acids is 1. The standard InChI is InChI=1S/C16H15F2N3O2S/c1-21(9-11-2-4-13(5-3-11)23-16(17)18)10-14(22)20-15-12(8-19)6-7-24-15/h2-7,16H,9-10H2,1H3,(H,20,22). The molecule has 0 unspecified atom stereocenters. The SMILES string of the molecule is CN(CC(=O)Nc1sccc1C#N)Cc1ccc(OC(F)F)cc1. The van der Waals surface area contributed by atoms with Gasteiger partial charge in [-0.15, -0.1) is 11.3 Å². The van der Waals surface area contributed by atoms with E-state index >= 15 is 0 Å². The smallest absolute Gasteiger partial charge is 0.387 e. The second-order valence-corrected chi connectivity index (χ2v) is 5.93. The molecule has 1 aromatic carbocycles. The van der Waals surface area contributed by atoms with Gasteiger partial charge >= 0.3 is 6.61 Å². The van der Waals surface area contributed by atoms with Crippen LogP contribution in [0.1, 0.15) is 11.1 Å². The molecule has 0 saturated heterocycles. The zero-order chi connectivity index (χ0) is 17.5. The van der Waals surface area contributed by atoms with E-state index in [0.717, 1.165) is 5.56 Å². The monoisotopic (exact) mass is 351 g/mol. The summed E-state index contributed by atoms with van der Waals surface area (Å²) in [6.07, 6.45) is 0. The number of hydrogen-bond donors (Lipinski definition) is 1. The topological polar surface area (TPSA) is 65.4 Å². The normalized spacial score (nSPS) is 10.7. The van der Waals surface area contributed by atoms with E-state index in [4.69, 9.17) is 5.26 Å². The first kappa shape index (κ1) is 17.8. The summed E-state index contributed by atoms with van der Waals surface area (Å²) < 4.78 is 28.5. The largest absolute Gasteiger partial charge is 0.435 e. The Kier molecular flexibility index (Phi) is 6.23. The number of benzene rings is 1. The molecule has 126 valence electrons. The second kappa shape index (κ2) is 8.38. The van der Waals surface area contributed by atoms with Gasteiger partial charge in [0.1, 0.15) is 16.8 Å². The summed E-state index contributed by atoms with van der Waals surface area (Å²) >= 11 is 1.29. The first-order valence-electron chi connectivity index (χ1n) is 6.97. The Balaban J connectivity index is 1.85. The summed E-state index contributed by atoms with van der Waals surface area (Å²) in [5, 5.41) is 13.9. The van der Waals surface area contributed by atoms with Gasteiger partial charge in [-0.25, -0.2) is 0 Å². The van der Waals surface area contributed by atoms with Crippen molar-refractivity contribution >= 4 is 22.2 Å². The zero-order valence-corrected chi connectivity index (χ0v) is 13.6. The Morgan fingerprint density at radius 3 is 2.71 bits per heavy atom. The number of nitrogens with one attached hydrogen (secondary N) is 1. The lowest BCUT2D eigenvalue weighted by atomic mass is 10.2.